The maximum Gasteiger partial charge on any atom is 0.326 e. The van der Waals surface area contributed by atoms with Crippen LogP contribution in [-0.2, 0) is 94.3 Å². The summed E-state index contributed by atoms with van der Waals surface area (Å²) in [5.41, 5.74) is 41.5. The Morgan fingerprint density at radius 2 is 0.846 bits per heavy atom. The summed E-state index contributed by atoms with van der Waals surface area (Å²) in [4.78, 5) is 239. The third kappa shape index (κ3) is 36.9. The lowest BCUT2D eigenvalue weighted by Gasteiger charge is -2.34. The number of guanidine groups is 1. The minimum atomic E-state index is -2.04. The van der Waals surface area contributed by atoms with E-state index in [1.165, 1.54) is 62.4 Å². The van der Waals surface area contributed by atoms with Gasteiger partial charge in [-0.15, -0.1) is 0 Å². The van der Waals surface area contributed by atoms with E-state index in [-0.39, 0.29) is 114 Å². The minimum Gasteiger partial charge on any atom is -0.508 e. The zero-order valence-corrected chi connectivity index (χ0v) is 76.2. The smallest absolute Gasteiger partial charge is 0.326 e. The number of aliphatic hydroxyl groups excluding tert-OH is 3. The Hall–Kier alpha value is -11.3. The number of rotatable bonds is 57. The van der Waals surface area contributed by atoms with Gasteiger partial charge in [-0.1, -0.05) is 78.6 Å². The number of carbonyl (C=O) groups excluding carboxylic acids is 16. The van der Waals surface area contributed by atoms with Crippen LogP contribution in [0.5, 0.6) is 11.5 Å². The standard InChI is InChI=1S/C81H134N24O23S2/c1-10-39(5)60(74(122)94-49(23-27-83)65(113)92-48(22-26-82)66(114)100-56(37-129)72(120)98-54(79(127)128)32-43-16-20-45(109)21-17-43)101-67(115)51(25-29-85)95-76(124)62(41(7)107)103-68(116)50(24-28-84)93-64(112)47(13-12-30-90-80(88)89)91-70(118)53(34-58(86)111)96-71(119)55(36-106)99-69(117)52(31-42-14-18-44(108)19-15-42)97-77(125)63(81(8,9)130)104-75(123)61(40(6)11-2)102-73(121)57-33-46(110)35-105(57)78(126)59(87)38(3)4/h14-21,38-41,46-57,59-63,106-110,129-130H,10-13,22-37,82-85,87H2,1-9H3,(H2,86,111)(H,91,118)(H,92,113)(H,93,112)(H,94,122)(H,95,124)(H,96,119)(H,97,125)(H,98,120)(H,99,117)(H,100,114)(H,101,115)(H,102,121)(H,103,116)(H,104,123)(H,127,128)(H4,88,89,90)/t39-,40-,41+,46+,47-,48-,49-,50-,51+,52-,53-,54-,55-,56-,57-,59-,60-,61-,62-,63+/m0/s1. The molecular formula is C81H134N24O23S2. The number of nitrogens with zero attached hydrogens (tertiary/aromatic N) is 1. The van der Waals surface area contributed by atoms with Gasteiger partial charge in [0.05, 0.1) is 31.3 Å². The van der Waals surface area contributed by atoms with Crippen molar-refractivity contribution in [2.24, 2.45) is 57.9 Å². The zero-order chi connectivity index (χ0) is 98.3. The fourth-order valence-electron chi connectivity index (χ4n) is 13.3. The van der Waals surface area contributed by atoms with E-state index in [9.17, 15) is 112 Å². The summed E-state index contributed by atoms with van der Waals surface area (Å²) >= 11 is 8.78. The molecule has 1 heterocycles. The van der Waals surface area contributed by atoms with Crippen molar-refractivity contribution in [1.82, 2.24) is 84.7 Å². The Kier molecular flexibility index (Phi) is 48.3. The lowest BCUT2D eigenvalue weighted by molar-refractivity contribution is -0.142. The normalized spacial score (nSPS) is 17.3. The number of nitrogens with one attached hydrogen (secondary N) is 16. The summed E-state index contributed by atoms with van der Waals surface area (Å²) in [6.07, 6.45) is -5.91. The molecule has 16 amide bonds. The predicted molar refractivity (Wildman–Crippen MR) is 479 cm³/mol. The molecule has 130 heavy (non-hydrogen) atoms. The molecule has 20 atom stereocenters. The van der Waals surface area contributed by atoms with Gasteiger partial charge in [-0.05, 0) is 139 Å². The van der Waals surface area contributed by atoms with Crippen molar-refractivity contribution in [1.29, 1.82) is 5.41 Å². The van der Waals surface area contributed by atoms with E-state index in [0.717, 1.165) is 11.8 Å². The Morgan fingerprint density at radius 3 is 1.25 bits per heavy atom. The molecule has 0 saturated carbocycles. The van der Waals surface area contributed by atoms with Crippen LogP contribution < -0.4 is 120 Å². The van der Waals surface area contributed by atoms with Crippen LogP contribution in [0.15, 0.2) is 48.5 Å². The number of β-amino-alcohol motifs (C(OH)–C–C–N with tert-alkyl or cyclic N) is 1. The number of carbonyl (C=O) groups is 17. The van der Waals surface area contributed by atoms with Crippen molar-refractivity contribution in [3.05, 3.63) is 59.7 Å². The van der Waals surface area contributed by atoms with Gasteiger partial charge in [0.1, 0.15) is 102 Å². The number of carboxylic acid groups (broad SMARTS) is 1. The van der Waals surface area contributed by atoms with E-state index < -0.39 is 258 Å². The average Bonchev–Trinajstić information content (AvgIpc) is 1.68. The van der Waals surface area contributed by atoms with Crippen molar-refractivity contribution >= 4 is 132 Å². The predicted octanol–water partition coefficient (Wildman–Crippen LogP) is -9.66. The lowest BCUT2D eigenvalue weighted by atomic mass is 9.95. The van der Waals surface area contributed by atoms with Gasteiger partial charge in [-0.3, -0.25) is 82.1 Å². The van der Waals surface area contributed by atoms with E-state index in [4.69, 9.17) is 45.5 Å². The molecule has 2 aromatic carbocycles. The molecule has 36 N–H and O–H groups in total. The topological polar surface area (TPSA) is 801 Å². The van der Waals surface area contributed by atoms with Crippen LogP contribution in [0.2, 0.25) is 0 Å². The number of aliphatic hydroxyl groups is 3. The first-order valence-corrected chi connectivity index (χ1v) is 43.7. The second-order valence-electron chi connectivity index (χ2n) is 32.8. The molecular weight excluding hydrogens is 1740 g/mol. The molecule has 1 aliphatic heterocycles. The molecule has 728 valence electrons. The molecule has 0 unspecified atom stereocenters. The van der Waals surface area contributed by atoms with E-state index in [0.29, 0.717) is 17.5 Å². The van der Waals surface area contributed by atoms with E-state index in [1.54, 1.807) is 41.5 Å². The van der Waals surface area contributed by atoms with Crippen LogP contribution in [0, 0.1) is 23.2 Å². The number of nitrogens with two attached hydrogens (primary N) is 7. The Labute approximate surface area is 764 Å². The molecule has 1 aliphatic rings. The highest BCUT2D eigenvalue weighted by molar-refractivity contribution is 7.81. The number of amides is 16. The molecule has 0 spiro atoms. The van der Waals surface area contributed by atoms with Crippen LogP contribution in [0.25, 0.3) is 0 Å². The number of likely N-dealkylation sites (tertiary alicyclic amines) is 1. The number of aromatic hydroxyl groups is 2. The first-order valence-electron chi connectivity index (χ1n) is 42.6. The third-order valence-corrected chi connectivity index (χ3v) is 22.0. The molecule has 3 rings (SSSR count). The van der Waals surface area contributed by atoms with Gasteiger partial charge in [0.15, 0.2) is 5.96 Å². The first-order chi connectivity index (χ1) is 61.0. The third-order valence-electron chi connectivity index (χ3n) is 21.4. The van der Waals surface area contributed by atoms with Crippen LogP contribution in [0.4, 0.5) is 0 Å². The molecule has 2 aromatic rings. The second kappa shape index (κ2) is 55.6. The van der Waals surface area contributed by atoms with E-state index in [2.05, 4.69) is 105 Å². The highest BCUT2D eigenvalue weighted by Gasteiger charge is 2.46. The van der Waals surface area contributed by atoms with Gasteiger partial charge in [0.2, 0.25) is 94.5 Å². The van der Waals surface area contributed by atoms with Crippen molar-refractivity contribution < 1.29 is 112 Å². The molecule has 47 nitrogen and oxygen atoms in total. The minimum absolute atomic E-state index is 0.0811. The summed E-state index contributed by atoms with van der Waals surface area (Å²) in [5, 5.41) is 107. The van der Waals surface area contributed by atoms with Gasteiger partial charge in [-0.2, -0.15) is 25.3 Å². The van der Waals surface area contributed by atoms with Gasteiger partial charge in [-0.25, -0.2) is 4.79 Å². The molecule has 0 bridgehead atoms. The molecule has 1 fully saturated rings. The van der Waals surface area contributed by atoms with Gasteiger partial charge in [0, 0.05) is 42.9 Å². The maximum absolute atomic E-state index is 14.7. The summed E-state index contributed by atoms with van der Waals surface area (Å²) in [6.45, 7) is 11.3. The SMILES string of the molecule is CC[C@H](C)[C@H](NC(=O)[C@@H](CCN)NC(=O)[C@@H](NC(=O)[C@H](CCN)NC(=O)[C@H](CCCNC(=N)N)NC(=O)[C@H](CC(N)=O)NC(=O)[C@H](CO)NC(=O)[C@H](Cc1ccc(O)cc1)NC(=O)[C@@H](NC(=O)[C@@H](NC(=O)[C@@H]1C[C@@H](O)CN1C(=O)[C@@H](N)C(C)C)[C@@H](C)CC)C(C)(C)S)[C@@H](C)O)C(=O)N[C@@H](CCN)C(=O)N[C@@H](CCN)C(=O)N[C@@H](CS)C(=O)N[C@@H](Cc1ccc(O)cc1)C(=O)O. The molecule has 0 radical (unpaired) electrons. The maximum atomic E-state index is 14.7. The molecule has 0 aliphatic carbocycles. The van der Waals surface area contributed by atoms with Gasteiger partial charge in [0.25, 0.3) is 0 Å². The number of phenols is 2. The number of aliphatic carboxylic acids is 1. The zero-order valence-electron chi connectivity index (χ0n) is 74.4. The van der Waals surface area contributed by atoms with E-state index >= 15 is 0 Å². The van der Waals surface area contributed by atoms with Gasteiger partial charge < -0.3 is 155 Å². The number of primary amides is 1. The van der Waals surface area contributed by atoms with E-state index in [1.807, 2.05) is 0 Å². The van der Waals surface area contributed by atoms with Crippen molar-refractivity contribution in [3.63, 3.8) is 0 Å². The largest absolute Gasteiger partial charge is 0.508 e. The van der Waals surface area contributed by atoms with Gasteiger partial charge >= 0.3 is 5.97 Å². The Morgan fingerprint density at radius 1 is 0.492 bits per heavy atom. The fourth-order valence-corrected chi connectivity index (χ4v) is 13.8. The Bertz CT molecular complexity index is 4170. The highest BCUT2D eigenvalue weighted by atomic mass is 32.1. The summed E-state index contributed by atoms with van der Waals surface area (Å²) in [5.74, 6) is -21.1. The monoisotopic (exact) mass is 1870 g/mol. The number of phenolic OH excluding ortho intramolecular Hbond substituents is 2. The number of carboxylic acids is 1. The number of thiol groups is 2. The van der Waals surface area contributed by atoms with Crippen LogP contribution in [0.1, 0.15) is 138 Å². The summed E-state index contributed by atoms with van der Waals surface area (Å²) in [7, 11) is 0. The second-order valence-corrected chi connectivity index (χ2v) is 34.3. The van der Waals surface area contributed by atoms with Crippen LogP contribution in [-0.4, -0.2) is 307 Å². The Balaban J connectivity index is 1.89. The lowest BCUT2D eigenvalue weighted by Crippen LogP contribution is -2.64. The highest BCUT2D eigenvalue weighted by Crippen LogP contribution is 2.25. The molecule has 49 heteroatoms. The number of hydrogen-bond donors (Lipinski definition) is 31. The summed E-state index contributed by atoms with van der Waals surface area (Å²) in [6, 6.07) is -14.7. The van der Waals surface area contributed by atoms with Crippen molar-refractivity contribution in [2.75, 3.05) is 51.6 Å². The number of hydrogen-bond acceptors (Lipinski definition) is 30. The van der Waals surface area contributed by atoms with Crippen molar-refractivity contribution in [3.8, 4) is 11.5 Å². The van der Waals surface area contributed by atoms with Crippen LogP contribution in [0.3, 0.4) is 0 Å². The average molecular weight is 1880 g/mol. The van der Waals surface area contributed by atoms with Crippen LogP contribution >= 0.6 is 25.3 Å². The molecule has 0 aromatic heterocycles. The first kappa shape index (κ1) is 113. The number of benzene rings is 2. The quantitative estimate of drug-likeness (QED) is 0.0127. The summed E-state index contributed by atoms with van der Waals surface area (Å²) < 4.78 is -1.48. The fraction of sp³-hybridized carbons (Fsp3) is 0.630. The molecule has 1 saturated heterocycles. The van der Waals surface area contributed by atoms with Crippen molar-refractivity contribution in [2.45, 2.75) is 253 Å².